The van der Waals surface area contributed by atoms with Gasteiger partial charge in [0.05, 0.1) is 14.2 Å². The monoisotopic (exact) mass is 855 g/mol. The van der Waals surface area contributed by atoms with Gasteiger partial charge in [0.15, 0.2) is 11.5 Å². The highest BCUT2D eigenvalue weighted by atomic mass is 16.5. The summed E-state index contributed by atoms with van der Waals surface area (Å²) in [5.74, 6) is 1.13. The van der Waals surface area contributed by atoms with Crippen LogP contribution in [0.5, 0.6) is 11.5 Å². The van der Waals surface area contributed by atoms with E-state index in [4.69, 9.17) is 31.8 Å². The number of aromatic amines is 3. The van der Waals surface area contributed by atoms with E-state index in [1.165, 1.54) is 6.07 Å². The van der Waals surface area contributed by atoms with Crippen LogP contribution in [0.3, 0.4) is 0 Å². The maximum absolute atomic E-state index is 12.7. The lowest BCUT2D eigenvalue weighted by Gasteiger charge is -2.10. The zero-order valence-corrected chi connectivity index (χ0v) is 35.6. The van der Waals surface area contributed by atoms with Gasteiger partial charge >= 0.3 is 0 Å². The van der Waals surface area contributed by atoms with Gasteiger partial charge in [-0.2, -0.15) is 0 Å². The second kappa shape index (κ2) is 19.5. The van der Waals surface area contributed by atoms with Crippen molar-refractivity contribution in [3.8, 4) is 33.8 Å². The molecular formula is C50H49N9O5. The summed E-state index contributed by atoms with van der Waals surface area (Å²) in [6.07, 6.45) is 6.48. The molecule has 0 atom stereocenters. The fourth-order valence-corrected chi connectivity index (χ4v) is 7.45. The number of H-pyrrole nitrogens is 3. The molecule has 5 aromatic carbocycles. The van der Waals surface area contributed by atoms with Crippen LogP contribution in [0.15, 0.2) is 133 Å². The van der Waals surface area contributed by atoms with Crippen molar-refractivity contribution in [1.82, 2.24) is 25.6 Å². The first kappa shape index (κ1) is 43.7. The molecule has 8 rings (SSSR count). The first-order valence-corrected chi connectivity index (χ1v) is 20.5. The molecule has 0 aliphatic heterocycles. The van der Waals surface area contributed by atoms with E-state index < -0.39 is 0 Å². The molecule has 64 heavy (non-hydrogen) atoms. The third-order valence-corrected chi connectivity index (χ3v) is 10.9. The Balaban J connectivity index is 0.000000192. The number of hydrogen-bond donors (Lipinski definition) is 9. The predicted octanol–water partition coefficient (Wildman–Crippen LogP) is 7.20. The van der Waals surface area contributed by atoms with Crippen LogP contribution >= 0.6 is 0 Å². The minimum Gasteiger partial charge on any atom is -0.493 e. The van der Waals surface area contributed by atoms with E-state index >= 15 is 0 Å². The van der Waals surface area contributed by atoms with Crippen LogP contribution < -0.4 is 37.1 Å². The Morgan fingerprint density at radius 2 is 1.09 bits per heavy atom. The van der Waals surface area contributed by atoms with Crippen molar-refractivity contribution >= 4 is 45.3 Å². The Morgan fingerprint density at radius 3 is 1.62 bits per heavy atom. The third-order valence-electron chi connectivity index (χ3n) is 10.9. The summed E-state index contributed by atoms with van der Waals surface area (Å²) >= 11 is 0. The second-order valence-electron chi connectivity index (χ2n) is 15.1. The van der Waals surface area contributed by atoms with Crippen molar-refractivity contribution in [2.24, 2.45) is 11.5 Å². The molecule has 2 amide bonds. The van der Waals surface area contributed by atoms with Crippen molar-refractivity contribution in [3.63, 3.8) is 0 Å². The highest BCUT2D eigenvalue weighted by Crippen LogP contribution is 2.32. The van der Waals surface area contributed by atoms with Gasteiger partial charge in [0.2, 0.25) is 5.56 Å². The van der Waals surface area contributed by atoms with Crippen molar-refractivity contribution < 1.29 is 19.1 Å². The number of nitrogen functional groups attached to an aromatic ring is 2. The van der Waals surface area contributed by atoms with E-state index in [-0.39, 0.29) is 29.0 Å². The van der Waals surface area contributed by atoms with Gasteiger partial charge in [-0.3, -0.25) is 25.2 Å². The average molecular weight is 856 g/mol. The van der Waals surface area contributed by atoms with Gasteiger partial charge in [-0.05, 0) is 119 Å². The number of nitrogens with one attached hydrogen (secondary N) is 7. The second-order valence-corrected chi connectivity index (χ2v) is 15.1. The van der Waals surface area contributed by atoms with E-state index in [0.717, 1.165) is 60.8 Å². The van der Waals surface area contributed by atoms with Crippen LogP contribution in [0, 0.1) is 17.7 Å². The van der Waals surface area contributed by atoms with Gasteiger partial charge in [-0.25, -0.2) is 0 Å². The predicted molar refractivity (Wildman–Crippen MR) is 253 cm³/mol. The molecule has 11 N–H and O–H groups in total. The topological polar surface area (TPSA) is 241 Å². The van der Waals surface area contributed by atoms with Crippen molar-refractivity contribution in [1.29, 1.82) is 10.8 Å². The Bertz CT molecular complexity index is 3050. The molecule has 0 aliphatic rings. The van der Waals surface area contributed by atoms with Crippen LogP contribution in [-0.4, -0.2) is 65.7 Å². The number of pyridine rings is 1. The minimum atomic E-state index is -0.148. The molecule has 14 nitrogen and oxygen atoms in total. The summed E-state index contributed by atoms with van der Waals surface area (Å²) in [6, 6.07) is 34.0. The number of methoxy groups -OCH3 is 2. The minimum absolute atomic E-state index is 0.0255. The molecule has 0 saturated carbocycles. The summed E-state index contributed by atoms with van der Waals surface area (Å²) in [5, 5.41) is 23.1. The Kier molecular flexibility index (Phi) is 13.3. The van der Waals surface area contributed by atoms with Crippen molar-refractivity contribution in [3.05, 3.63) is 177 Å². The van der Waals surface area contributed by atoms with Gasteiger partial charge in [0, 0.05) is 81.8 Å². The van der Waals surface area contributed by atoms with Crippen molar-refractivity contribution in [2.45, 2.75) is 19.8 Å². The Morgan fingerprint density at radius 1 is 0.562 bits per heavy atom. The number of hydrogen-bond acceptors (Lipinski definition) is 7. The molecule has 0 radical (unpaired) electrons. The number of aryl methyl sites for hydroxylation is 1. The number of amides is 2. The molecule has 0 aliphatic carbocycles. The SMILES string of the molecule is COc1ccc(-c2ccc(C(=O)NCCc3ccc4[nH]cc(C(=N)N)c4c3)cc2)cc1OC.Cc1cc(-c2ccc(=O)[nH]c2)ccc1C(=O)NCCc1ccc2[nH]cc(C(=N)N)c2c1. The number of nitrogens with two attached hydrogens (primary N) is 2. The molecule has 0 bridgehead atoms. The smallest absolute Gasteiger partial charge is 0.251 e. The number of aromatic nitrogens is 3. The molecule has 3 aromatic heterocycles. The zero-order chi connectivity index (χ0) is 45.3. The van der Waals surface area contributed by atoms with E-state index in [9.17, 15) is 14.4 Å². The molecule has 8 aromatic rings. The number of carbonyl (C=O) groups is 2. The lowest BCUT2D eigenvalue weighted by atomic mass is 10.0. The summed E-state index contributed by atoms with van der Waals surface area (Å²) in [7, 11) is 3.21. The van der Waals surface area contributed by atoms with Gasteiger partial charge in [0.1, 0.15) is 11.7 Å². The van der Waals surface area contributed by atoms with E-state index in [2.05, 4.69) is 25.6 Å². The third kappa shape index (κ3) is 10.0. The van der Waals surface area contributed by atoms with Crippen LogP contribution in [-0.2, 0) is 12.8 Å². The van der Waals surface area contributed by atoms with Crippen LogP contribution in [0.25, 0.3) is 44.1 Å². The fourth-order valence-electron chi connectivity index (χ4n) is 7.45. The van der Waals surface area contributed by atoms with Crippen LogP contribution in [0.2, 0.25) is 0 Å². The standard InChI is InChI=1S/C26H26N4O3.C24H23N5O2/c1-32-23-10-8-19(14-24(23)33-2)17-4-6-18(7-5-17)26(31)29-12-11-16-3-9-22-20(13-16)21(15-30-22)25(27)28;1-14-10-16(17-4-7-22(30)29-12-17)3-5-18(14)24(31)27-9-8-15-2-6-21-19(11-15)20(13-28-21)23(25)26/h3-10,13-15,30H,11-12H2,1-2H3,(H3,27,28)(H,29,31);2-7,10-13,28H,8-9H2,1H3,(H3,25,26)(H,27,31)(H,29,30). The highest BCUT2D eigenvalue weighted by molar-refractivity contribution is 6.08. The molecule has 0 unspecified atom stereocenters. The number of fused-ring (bicyclic) bond motifs is 2. The average Bonchev–Trinajstić information content (AvgIpc) is 3.94. The Labute approximate surface area is 369 Å². The van der Waals surface area contributed by atoms with E-state index in [1.54, 1.807) is 44.9 Å². The van der Waals surface area contributed by atoms with E-state index in [1.807, 2.05) is 97.9 Å². The largest absolute Gasteiger partial charge is 0.493 e. The molecule has 324 valence electrons. The lowest BCUT2D eigenvalue weighted by Crippen LogP contribution is -2.26. The summed E-state index contributed by atoms with van der Waals surface area (Å²) in [5.41, 5.74) is 22.3. The number of rotatable bonds is 14. The fraction of sp³-hybridized carbons (Fsp3) is 0.140. The maximum Gasteiger partial charge on any atom is 0.251 e. The molecule has 0 spiro atoms. The van der Waals surface area contributed by atoms with Crippen molar-refractivity contribution in [2.75, 3.05) is 27.3 Å². The summed E-state index contributed by atoms with van der Waals surface area (Å²) in [6.45, 7) is 2.89. The molecule has 14 heteroatoms. The van der Waals surface area contributed by atoms with Crippen LogP contribution in [0.1, 0.15) is 48.5 Å². The summed E-state index contributed by atoms with van der Waals surface area (Å²) < 4.78 is 10.7. The first-order chi connectivity index (χ1) is 30.9. The number of carbonyl (C=O) groups excluding carboxylic acids is 2. The van der Waals surface area contributed by atoms with Gasteiger partial charge in [0.25, 0.3) is 11.8 Å². The Hall–Kier alpha value is -8.39. The molecular weight excluding hydrogens is 807 g/mol. The first-order valence-electron chi connectivity index (χ1n) is 20.5. The molecule has 0 fully saturated rings. The van der Waals surface area contributed by atoms with Gasteiger partial charge in [-0.15, -0.1) is 0 Å². The number of amidine groups is 2. The molecule has 0 saturated heterocycles. The van der Waals surface area contributed by atoms with E-state index in [0.29, 0.717) is 59.7 Å². The molecule has 3 heterocycles. The van der Waals surface area contributed by atoms with Gasteiger partial charge < -0.3 is 46.5 Å². The number of ether oxygens (including phenoxy) is 2. The lowest BCUT2D eigenvalue weighted by molar-refractivity contribution is 0.0945. The summed E-state index contributed by atoms with van der Waals surface area (Å²) in [4.78, 5) is 45.4. The quantitative estimate of drug-likeness (QED) is 0.0402. The van der Waals surface area contributed by atoms with Gasteiger partial charge in [-0.1, -0.05) is 42.5 Å². The van der Waals surface area contributed by atoms with Crippen LogP contribution in [0.4, 0.5) is 0 Å². The maximum atomic E-state index is 12.7. The normalized spacial score (nSPS) is 10.8. The number of benzene rings is 5. The zero-order valence-electron chi connectivity index (χ0n) is 35.6. The highest BCUT2D eigenvalue weighted by Gasteiger charge is 2.13.